The summed E-state index contributed by atoms with van der Waals surface area (Å²) in [6.07, 6.45) is 3.26. The molecule has 0 spiro atoms. The summed E-state index contributed by atoms with van der Waals surface area (Å²) in [5, 5.41) is 19.2. The number of alkyl halides is 2. The van der Waals surface area contributed by atoms with E-state index in [1.807, 2.05) is 4.90 Å². The van der Waals surface area contributed by atoms with Gasteiger partial charge in [0.1, 0.15) is 17.4 Å². The van der Waals surface area contributed by atoms with E-state index < -0.39 is 42.2 Å². The number of phenolic OH excluding ortho intramolecular Hbond substituents is 1. The standard InChI is InChI=1S/C30H37F4N3O3/c1-18-13-20-14-23(38)3-4-24(20)28(37(18)17-30(2,33)34)27-25(31)15-22(16-26(27)32)36-11-7-21(8-12-36)35-9-5-19(6-10-35)29(39)40/h3-4,14-16,18-19,21,28,38H,5-13,17H2,1-2H3,(H,39,40)/t18-,28+/m1/s1. The van der Waals surface area contributed by atoms with E-state index in [4.69, 9.17) is 0 Å². The number of fused-ring (bicyclic) bond motifs is 1. The lowest BCUT2D eigenvalue weighted by atomic mass is 9.84. The summed E-state index contributed by atoms with van der Waals surface area (Å²) in [6, 6.07) is 5.96. The predicted octanol–water partition coefficient (Wildman–Crippen LogP) is 5.43. The number of hydrogen-bond donors (Lipinski definition) is 2. The van der Waals surface area contributed by atoms with Gasteiger partial charge in [-0.15, -0.1) is 0 Å². The van der Waals surface area contributed by atoms with E-state index in [9.17, 15) is 23.8 Å². The van der Waals surface area contributed by atoms with Crippen molar-refractivity contribution >= 4 is 11.7 Å². The van der Waals surface area contributed by atoms with Gasteiger partial charge in [0.15, 0.2) is 0 Å². The Labute approximate surface area is 232 Å². The third kappa shape index (κ3) is 5.93. The van der Waals surface area contributed by atoms with Crippen LogP contribution in [-0.4, -0.2) is 76.7 Å². The number of carbonyl (C=O) groups is 1. The summed E-state index contributed by atoms with van der Waals surface area (Å²) in [6.45, 7) is 4.60. The van der Waals surface area contributed by atoms with Crippen molar-refractivity contribution in [1.82, 2.24) is 9.80 Å². The highest BCUT2D eigenvalue weighted by atomic mass is 19.3. The van der Waals surface area contributed by atoms with Crippen LogP contribution in [0.4, 0.5) is 23.2 Å². The average molecular weight is 564 g/mol. The van der Waals surface area contributed by atoms with Crippen LogP contribution in [0.3, 0.4) is 0 Å². The van der Waals surface area contributed by atoms with E-state index >= 15 is 8.78 Å². The molecule has 0 unspecified atom stereocenters. The molecule has 5 rings (SSSR count). The van der Waals surface area contributed by atoms with E-state index in [0.29, 0.717) is 55.2 Å². The van der Waals surface area contributed by atoms with Crippen LogP contribution in [0.5, 0.6) is 5.75 Å². The van der Waals surface area contributed by atoms with Crippen LogP contribution in [0, 0.1) is 17.6 Å². The van der Waals surface area contributed by atoms with E-state index in [0.717, 1.165) is 32.9 Å². The van der Waals surface area contributed by atoms with Crippen LogP contribution < -0.4 is 4.90 Å². The molecule has 3 aliphatic heterocycles. The molecule has 10 heteroatoms. The lowest BCUT2D eigenvalue weighted by Gasteiger charge is -2.44. The number of aromatic hydroxyl groups is 1. The second-order valence-corrected chi connectivity index (χ2v) is 11.8. The Balaban J connectivity index is 1.37. The molecule has 0 bridgehead atoms. The molecular weight excluding hydrogens is 526 g/mol. The molecule has 0 aliphatic carbocycles. The van der Waals surface area contributed by atoms with Crippen molar-refractivity contribution in [2.24, 2.45) is 5.92 Å². The van der Waals surface area contributed by atoms with E-state index in [-0.39, 0.29) is 17.2 Å². The SMILES string of the molecule is C[C@@H]1Cc2cc(O)ccc2[C@@H](c2c(F)cc(N3CCC(N4CCC(C(=O)O)CC4)CC3)cc2F)N1CC(C)(F)F. The fourth-order valence-electron chi connectivity index (χ4n) is 6.81. The first-order valence-corrected chi connectivity index (χ1v) is 14.1. The summed E-state index contributed by atoms with van der Waals surface area (Å²) < 4.78 is 60.1. The van der Waals surface area contributed by atoms with Gasteiger partial charge in [-0.05, 0) is 87.5 Å². The molecule has 0 saturated carbocycles. The molecule has 2 aromatic rings. The molecule has 218 valence electrons. The first-order valence-electron chi connectivity index (χ1n) is 14.1. The normalized spacial score (nSPS) is 23.8. The van der Waals surface area contributed by atoms with Crippen LogP contribution in [0.2, 0.25) is 0 Å². The Hall–Kier alpha value is -2.85. The third-order valence-electron chi connectivity index (χ3n) is 8.86. The Morgan fingerprint density at radius 1 is 1.00 bits per heavy atom. The monoisotopic (exact) mass is 563 g/mol. The first-order chi connectivity index (χ1) is 18.9. The Kier molecular flexibility index (Phi) is 8.03. The number of benzene rings is 2. The molecule has 2 fully saturated rings. The van der Waals surface area contributed by atoms with Gasteiger partial charge < -0.3 is 20.0 Å². The van der Waals surface area contributed by atoms with Gasteiger partial charge in [-0.1, -0.05) is 6.07 Å². The fraction of sp³-hybridized carbons (Fsp3) is 0.567. The van der Waals surface area contributed by atoms with Crippen molar-refractivity contribution < 1.29 is 32.6 Å². The number of hydrogen-bond acceptors (Lipinski definition) is 5. The largest absolute Gasteiger partial charge is 0.508 e. The number of rotatable bonds is 6. The molecule has 6 nitrogen and oxygen atoms in total. The number of phenols is 1. The Morgan fingerprint density at radius 3 is 2.20 bits per heavy atom. The third-order valence-corrected chi connectivity index (χ3v) is 8.86. The summed E-state index contributed by atoms with van der Waals surface area (Å²) in [5.74, 6) is -5.64. The quantitative estimate of drug-likeness (QED) is 0.458. The van der Waals surface area contributed by atoms with Crippen LogP contribution in [-0.2, 0) is 11.2 Å². The minimum atomic E-state index is -3.07. The first kappa shape index (κ1) is 28.7. The molecule has 3 aliphatic rings. The maximum Gasteiger partial charge on any atom is 0.306 e. The lowest BCUT2D eigenvalue weighted by Crippen LogP contribution is -2.48. The molecular formula is C30H37F4N3O3. The highest BCUT2D eigenvalue weighted by Gasteiger charge is 2.41. The molecule has 2 saturated heterocycles. The van der Waals surface area contributed by atoms with Gasteiger partial charge in [-0.3, -0.25) is 9.69 Å². The van der Waals surface area contributed by atoms with Crippen LogP contribution in [0.15, 0.2) is 30.3 Å². The number of likely N-dealkylation sites (tertiary alicyclic amines) is 1. The maximum absolute atomic E-state index is 15.8. The number of nitrogens with zero attached hydrogens (tertiary/aromatic N) is 3. The summed E-state index contributed by atoms with van der Waals surface area (Å²) >= 11 is 0. The second-order valence-electron chi connectivity index (χ2n) is 11.8. The smallest absolute Gasteiger partial charge is 0.306 e. The molecule has 2 aromatic carbocycles. The number of carboxylic acids is 1. The minimum Gasteiger partial charge on any atom is -0.508 e. The minimum absolute atomic E-state index is 0.0184. The Bertz CT molecular complexity index is 1210. The maximum atomic E-state index is 15.8. The zero-order valence-electron chi connectivity index (χ0n) is 22.9. The molecule has 2 atom stereocenters. The van der Waals surface area contributed by atoms with Gasteiger partial charge in [0.05, 0.1) is 18.5 Å². The zero-order valence-corrected chi connectivity index (χ0v) is 22.9. The molecule has 0 amide bonds. The molecule has 3 heterocycles. The molecule has 0 radical (unpaired) electrons. The van der Waals surface area contributed by atoms with Crippen LogP contribution in [0.1, 0.15) is 62.3 Å². The number of anilines is 1. The summed E-state index contributed by atoms with van der Waals surface area (Å²) in [7, 11) is 0. The van der Waals surface area contributed by atoms with Crippen molar-refractivity contribution in [3.05, 3.63) is 58.7 Å². The van der Waals surface area contributed by atoms with Gasteiger partial charge in [0.25, 0.3) is 5.92 Å². The van der Waals surface area contributed by atoms with Crippen molar-refractivity contribution in [2.75, 3.05) is 37.6 Å². The highest BCUT2D eigenvalue weighted by molar-refractivity contribution is 5.70. The molecule has 40 heavy (non-hydrogen) atoms. The summed E-state index contributed by atoms with van der Waals surface area (Å²) in [4.78, 5) is 17.0. The van der Waals surface area contributed by atoms with Gasteiger partial charge in [0.2, 0.25) is 0 Å². The highest BCUT2D eigenvalue weighted by Crippen LogP contribution is 2.43. The number of carboxylic acid groups (broad SMARTS) is 1. The van der Waals surface area contributed by atoms with Crippen LogP contribution >= 0.6 is 0 Å². The molecule has 2 N–H and O–H groups in total. The van der Waals surface area contributed by atoms with Crippen molar-refractivity contribution in [3.63, 3.8) is 0 Å². The van der Waals surface area contributed by atoms with Crippen molar-refractivity contribution in [3.8, 4) is 5.75 Å². The number of piperidine rings is 2. The van der Waals surface area contributed by atoms with Crippen molar-refractivity contribution in [2.45, 2.75) is 70.0 Å². The van der Waals surface area contributed by atoms with Gasteiger partial charge >= 0.3 is 5.97 Å². The number of aliphatic carboxylic acids is 1. The van der Waals surface area contributed by atoms with E-state index in [1.165, 1.54) is 23.1 Å². The Morgan fingerprint density at radius 2 is 1.62 bits per heavy atom. The van der Waals surface area contributed by atoms with E-state index in [2.05, 4.69) is 4.90 Å². The van der Waals surface area contributed by atoms with Gasteiger partial charge in [0, 0.05) is 43.3 Å². The lowest BCUT2D eigenvalue weighted by molar-refractivity contribution is -0.143. The second kappa shape index (κ2) is 11.2. The zero-order chi connectivity index (χ0) is 28.8. The average Bonchev–Trinajstić information content (AvgIpc) is 2.89. The topological polar surface area (TPSA) is 67.2 Å². The molecule has 0 aromatic heterocycles. The van der Waals surface area contributed by atoms with Gasteiger partial charge in [-0.25, -0.2) is 17.6 Å². The van der Waals surface area contributed by atoms with E-state index in [1.54, 1.807) is 19.1 Å². The van der Waals surface area contributed by atoms with Crippen LogP contribution in [0.25, 0.3) is 0 Å². The fourth-order valence-corrected chi connectivity index (χ4v) is 6.81. The summed E-state index contributed by atoms with van der Waals surface area (Å²) in [5.41, 5.74) is 1.36. The van der Waals surface area contributed by atoms with Crippen molar-refractivity contribution in [1.29, 1.82) is 0 Å². The number of halogens is 4. The predicted molar refractivity (Wildman–Crippen MR) is 144 cm³/mol. The van der Waals surface area contributed by atoms with Gasteiger partial charge in [-0.2, -0.15) is 0 Å².